The highest BCUT2D eigenvalue weighted by molar-refractivity contribution is 7.99. The lowest BCUT2D eigenvalue weighted by Gasteiger charge is -2.07. The van der Waals surface area contributed by atoms with Gasteiger partial charge in [0.2, 0.25) is 0 Å². The Morgan fingerprint density at radius 2 is 1.83 bits per heavy atom. The van der Waals surface area contributed by atoms with Gasteiger partial charge in [-0.15, -0.1) is 0 Å². The maximum absolute atomic E-state index is 12.2. The van der Waals surface area contributed by atoms with Crippen molar-refractivity contribution in [2.24, 2.45) is 0 Å². The fourth-order valence-electron chi connectivity index (χ4n) is 2.09. The molecule has 0 saturated heterocycles. The molecule has 5 heteroatoms. The van der Waals surface area contributed by atoms with Gasteiger partial charge in [-0.3, -0.25) is 0 Å². The lowest BCUT2D eigenvalue weighted by molar-refractivity contribution is 0.413. The van der Waals surface area contributed by atoms with Crippen molar-refractivity contribution in [2.45, 2.75) is 9.79 Å². The van der Waals surface area contributed by atoms with Gasteiger partial charge in [0.15, 0.2) is 0 Å². The number of hydrogen-bond donors (Lipinski definition) is 1. The Balaban J connectivity index is 1.96. The molecular weight excluding hydrogens is 312 g/mol. The van der Waals surface area contributed by atoms with E-state index in [1.165, 1.54) is 6.07 Å². The third-order valence-electron chi connectivity index (χ3n) is 3.21. The monoisotopic (exact) mass is 326 g/mol. The topological polar surface area (TPSA) is 59.7 Å². The summed E-state index contributed by atoms with van der Waals surface area (Å²) in [7, 11) is 1.57. The Kier molecular flexibility index (Phi) is 4.39. The predicted octanol–water partition coefficient (Wildman–Crippen LogP) is 4.17. The Hall–Kier alpha value is -2.66. The summed E-state index contributed by atoms with van der Waals surface area (Å²) in [5.41, 5.74) is 0.162. The maximum atomic E-state index is 12.2. The van der Waals surface area contributed by atoms with Crippen LogP contribution in [0, 0.1) is 0 Å². The SMILES string of the molecule is COc1cccc(Sc2c(O)cc(-c3ccccc3)oc2=O)c1. The number of aromatic hydroxyl groups is 1. The van der Waals surface area contributed by atoms with E-state index in [2.05, 4.69) is 0 Å². The van der Waals surface area contributed by atoms with Gasteiger partial charge in [0, 0.05) is 16.5 Å². The van der Waals surface area contributed by atoms with Crippen molar-refractivity contribution >= 4 is 11.8 Å². The minimum atomic E-state index is -0.573. The van der Waals surface area contributed by atoms with Gasteiger partial charge in [-0.1, -0.05) is 48.2 Å². The van der Waals surface area contributed by atoms with Crippen molar-refractivity contribution in [3.8, 4) is 22.8 Å². The van der Waals surface area contributed by atoms with Crippen LogP contribution in [0.15, 0.2) is 79.7 Å². The molecule has 0 bridgehead atoms. The third-order valence-corrected chi connectivity index (χ3v) is 4.28. The fourth-order valence-corrected chi connectivity index (χ4v) is 2.94. The van der Waals surface area contributed by atoms with Crippen LogP contribution < -0.4 is 10.4 Å². The molecule has 0 saturated carbocycles. The third kappa shape index (κ3) is 3.40. The Labute approximate surface area is 137 Å². The quantitative estimate of drug-likeness (QED) is 0.779. The molecule has 1 N–H and O–H groups in total. The number of rotatable bonds is 4. The van der Waals surface area contributed by atoms with Crippen LogP contribution in [0.5, 0.6) is 11.5 Å². The zero-order chi connectivity index (χ0) is 16.2. The summed E-state index contributed by atoms with van der Waals surface area (Å²) in [4.78, 5) is 13.1. The summed E-state index contributed by atoms with van der Waals surface area (Å²) in [5, 5.41) is 10.2. The van der Waals surface area contributed by atoms with Gasteiger partial charge < -0.3 is 14.3 Å². The van der Waals surface area contributed by atoms with Gasteiger partial charge in [0.25, 0.3) is 0 Å². The lowest BCUT2D eigenvalue weighted by atomic mass is 10.1. The second-order valence-corrected chi connectivity index (χ2v) is 5.84. The van der Waals surface area contributed by atoms with Crippen LogP contribution in [-0.2, 0) is 0 Å². The van der Waals surface area contributed by atoms with Crippen molar-refractivity contribution in [3.63, 3.8) is 0 Å². The first kappa shape index (κ1) is 15.2. The van der Waals surface area contributed by atoms with E-state index in [1.54, 1.807) is 13.2 Å². The summed E-state index contributed by atoms with van der Waals surface area (Å²) in [6.45, 7) is 0. The average Bonchev–Trinajstić information content (AvgIpc) is 2.59. The highest BCUT2D eigenvalue weighted by Crippen LogP contribution is 2.35. The van der Waals surface area contributed by atoms with Crippen molar-refractivity contribution < 1.29 is 14.3 Å². The summed E-state index contributed by atoms with van der Waals surface area (Å²) < 4.78 is 10.5. The molecule has 4 nitrogen and oxygen atoms in total. The van der Waals surface area contributed by atoms with Crippen LogP contribution in [0.3, 0.4) is 0 Å². The van der Waals surface area contributed by atoms with E-state index >= 15 is 0 Å². The van der Waals surface area contributed by atoms with Crippen molar-refractivity contribution in [2.75, 3.05) is 7.11 Å². The number of methoxy groups -OCH3 is 1. The second kappa shape index (κ2) is 6.62. The van der Waals surface area contributed by atoms with Gasteiger partial charge in [-0.2, -0.15) is 0 Å². The van der Waals surface area contributed by atoms with E-state index in [1.807, 2.05) is 48.5 Å². The molecule has 0 spiro atoms. The summed E-state index contributed by atoms with van der Waals surface area (Å²) in [5.74, 6) is 0.913. The predicted molar refractivity (Wildman–Crippen MR) is 89.2 cm³/mol. The first-order chi connectivity index (χ1) is 11.2. The molecule has 0 unspecified atom stereocenters. The maximum Gasteiger partial charge on any atom is 0.354 e. The fraction of sp³-hybridized carbons (Fsp3) is 0.0556. The largest absolute Gasteiger partial charge is 0.506 e. The van der Waals surface area contributed by atoms with Crippen LogP contribution in [0.2, 0.25) is 0 Å². The molecule has 116 valence electrons. The molecule has 3 rings (SSSR count). The molecule has 0 fully saturated rings. The van der Waals surface area contributed by atoms with Gasteiger partial charge >= 0.3 is 5.63 Å². The van der Waals surface area contributed by atoms with Crippen LogP contribution in [-0.4, -0.2) is 12.2 Å². The second-order valence-electron chi connectivity index (χ2n) is 4.76. The smallest absolute Gasteiger partial charge is 0.354 e. The van der Waals surface area contributed by atoms with E-state index in [9.17, 15) is 9.90 Å². The van der Waals surface area contributed by atoms with Crippen molar-refractivity contribution in [1.82, 2.24) is 0 Å². The molecule has 0 radical (unpaired) electrons. The molecular formula is C18H14O4S. The Bertz CT molecular complexity index is 872. The Morgan fingerprint density at radius 1 is 1.04 bits per heavy atom. The number of hydrogen-bond acceptors (Lipinski definition) is 5. The van der Waals surface area contributed by atoms with E-state index < -0.39 is 5.63 Å². The standard InChI is InChI=1S/C18H14O4S/c1-21-13-8-5-9-14(10-13)23-17-15(19)11-16(22-18(17)20)12-6-3-2-4-7-12/h2-11,19H,1H3. The van der Waals surface area contributed by atoms with Gasteiger partial charge in [-0.05, 0) is 18.2 Å². The first-order valence-corrected chi connectivity index (χ1v) is 7.73. The van der Waals surface area contributed by atoms with Gasteiger partial charge in [-0.25, -0.2) is 4.79 Å². The zero-order valence-electron chi connectivity index (χ0n) is 12.4. The van der Waals surface area contributed by atoms with Crippen LogP contribution in [0.1, 0.15) is 0 Å². The van der Waals surface area contributed by atoms with Crippen LogP contribution in [0.25, 0.3) is 11.3 Å². The van der Waals surface area contributed by atoms with Crippen molar-refractivity contribution in [1.29, 1.82) is 0 Å². The summed E-state index contributed by atoms with van der Waals surface area (Å²) in [6, 6.07) is 17.9. The summed E-state index contributed by atoms with van der Waals surface area (Å²) in [6.07, 6.45) is 0. The highest BCUT2D eigenvalue weighted by Gasteiger charge is 2.14. The molecule has 1 heterocycles. The molecule has 3 aromatic rings. The minimum absolute atomic E-state index is 0.104. The van der Waals surface area contributed by atoms with Crippen LogP contribution >= 0.6 is 11.8 Å². The van der Waals surface area contributed by atoms with E-state index in [0.29, 0.717) is 11.5 Å². The van der Waals surface area contributed by atoms with E-state index in [-0.39, 0.29) is 10.6 Å². The average molecular weight is 326 g/mol. The molecule has 23 heavy (non-hydrogen) atoms. The summed E-state index contributed by atoms with van der Waals surface area (Å²) >= 11 is 1.14. The number of ether oxygens (including phenoxy) is 1. The minimum Gasteiger partial charge on any atom is -0.506 e. The molecule has 0 atom stereocenters. The molecule has 0 amide bonds. The molecule has 2 aromatic carbocycles. The first-order valence-electron chi connectivity index (χ1n) is 6.92. The van der Waals surface area contributed by atoms with Crippen LogP contribution in [0.4, 0.5) is 0 Å². The molecule has 0 aliphatic carbocycles. The van der Waals surface area contributed by atoms with Crippen molar-refractivity contribution in [3.05, 3.63) is 71.1 Å². The lowest BCUT2D eigenvalue weighted by Crippen LogP contribution is -2.02. The molecule has 1 aromatic heterocycles. The highest BCUT2D eigenvalue weighted by atomic mass is 32.2. The molecule has 0 aliphatic rings. The molecule has 0 aliphatic heterocycles. The van der Waals surface area contributed by atoms with Gasteiger partial charge in [0.1, 0.15) is 22.2 Å². The zero-order valence-corrected chi connectivity index (χ0v) is 13.2. The van der Waals surface area contributed by atoms with E-state index in [4.69, 9.17) is 9.15 Å². The Morgan fingerprint density at radius 3 is 2.52 bits per heavy atom. The normalized spacial score (nSPS) is 10.5. The van der Waals surface area contributed by atoms with Gasteiger partial charge in [0.05, 0.1) is 7.11 Å². The number of benzene rings is 2. The van der Waals surface area contributed by atoms with E-state index in [0.717, 1.165) is 22.2 Å².